The zero-order chi connectivity index (χ0) is 14.1. The van der Waals surface area contributed by atoms with E-state index in [1.54, 1.807) is 0 Å². The Labute approximate surface area is 121 Å². The van der Waals surface area contributed by atoms with Crippen LogP contribution in [0.25, 0.3) is 10.8 Å². The van der Waals surface area contributed by atoms with Gasteiger partial charge in [0.15, 0.2) is 0 Å². The lowest BCUT2D eigenvalue weighted by Gasteiger charge is -2.35. The first-order valence-electron chi connectivity index (χ1n) is 7.57. The Bertz CT molecular complexity index is 607. The standard InChI is InChI=1S/C18H23NO/c1-13-9-10-19(11-14(13)2)12-17-16-6-4-3-5-15(16)7-8-18(17)20/h3-8,13-14,20H,9-12H2,1-2H3. The first-order valence-corrected chi connectivity index (χ1v) is 7.57. The van der Waals surface area contributed by atoms with E-state index in [1.807, 2.05) is 24.3 Å². The molecule has 2 heteroatoms. The van der Waals surface area contributed by atoms with E-state index in [1.165, 1.54) is 17.2 Å². The van der Waals surface area contributed by atoms with Gasteiger partial charge in [-0.15, -0.1) is 0 Å². The van der Waals surface area contributed by atoms with Crippen LogP contribution in [-0.4, -0.2) is 23.1 Å². The number of fused-ring (bicyclic) bond motifs is 1. The van der Waals surface area contributed by atoms with Crippen molar-refractivity contribution >= 4 is 10.8 Å². The number of piperidine rings is 1. The molecule has 1 aliphatic heterocycles. The van der Waals surface area contributed by atoms with Gasteiger partial charge in [-0.1, -0.05) is 44.2 Å². The number of hydrogen-bond acceptors (Lipinski definition) is 2. The Hall–Kier alpha value is -1.54. The van der Waals surface area contributed by atoms with Crippen molar-refractivity contribution in [2.24, 2.45) is 11.8 Å². The van der Waals surface area contributed by atoms with E-state index in [0.29, 0.717) is 5.75 Å². The topological polar surface area (TPSA) is 23.5 Å². The van der Waals surface area contributed by atoms with Gasteiger partial charge in [0.25, 0.3) is 0 Å². The summed E-state index contributed by atoms with van der Waals surface area (Å²) in [6, 6.07) is 12.1. The summed E-state index contributed by atoms with van der Waals surface area (Å²) >= 11 is 0. The number of nitrogens with zero attached hydrogens (tertiary/aromatic N) is 1. The molecule has 20 heavy (non-hydrogen) atoms. The third-order valence-corrected chi connectivity index (χ3v) is 4.82. The molecule has 0 saturated carbocycles. The van der Waals surface area contributed by atoms with E-state index in [2.05, 4.69) is 30.9 Å². The molecular formula is C18H23NO. The van der Waals surface area contributed by atoms with Gasteiger partial charge in [-0.2, -0.15) is 0 Å². The molecule has 2 atom stereocenters. The molecular weight excluding hydrogens is 246 g/mol. The number of benzene rings is 2. The molecule has 0 aliphatic carbocycles. The van der Waals surface area contributed by atoms with Crippen LogP contribution in [0.3, 0.4) is 0 Å². The van der Waals surface area contributed by atoms with Crippen molar-refractivity contribution in [1.29, 1.82) is 0 Å². The molecule has 2 aromatic carbocycles. The fraction of sp³-hybridized carbons (Fsp3) is 0.444. The van der Waals surface area contributed by atoms with Crippen molar-refractivity contribution < 1.29 is 5.11 Å². The van der Waals surface area contributed by atoms with Crippen LogP contribution in [-0.2, 0) is 6.54 Å². The smallest absolute Gasteiger partial charge is 0.120 e. The third-order valence-electron chi connectivity index (χ3n) is 4.82. The maximum atomic E-state index is 10.2. The zero-order valence-corrected chi connectivity index (χ0v) is 12.3. The summed E-state index contributed by atoms with van der Waals surface area (Å²) in [6.45, 7) is 7.79. The van der Waals surface area contributed by atoms with E-state index >= 15 is 0 Å². The highest BCUT2D eigenvalue weighted by Gasteiger charge is 2.23. The highest BCUT2D eigenvalue weighted by molar-refractivity contribution is 5.87. The molecule has 106 valence electrons. The van der Waals surface area contributed by atoms with Gasteiger partial charge in [0.2, 0.25) is 0 Å². The minimum Gasteiger partial charge on any atom is -0.508 e. The van der Waals surface area contributed by atoms with Crippen molar-refractivity contribution in [3.8, 4) is 5.75 Å². The van der Waals surface area contributed by atoms with Crippen LogP contribution in [0.5, 0.6) is 5.75 Å². The van der Waals surface area contributed by atoms with E-state index in [9.17, 15) is 5.11 Å². The van der Waals surface area contributed by atoms with Gasteiger partial charge >= 0.3 is 0 Å². The van der Waals surface area contributed by atoms with Crippen LogP contribution in [0.1, 0.15) is 25.8 Å². The Morgan fingerprint density at radius 1 is 1.10 bits per heavy atom. The van der Waals surface area contributed by atoms with Crippen molar-refractivity contribution in [2.75, 3.05) is 13.1 Å². The van der Waals surface area contributed by atoms with Crippen LogP contribution in [0.15, 0.2) is 36.4 Å². The Morgan fingerprint density at radius 3 is 2.70 bits per heavy atom. The number of aromatic hydroxyl groups is 1. The lowest BCUT2D eigenvalue weighted by molar-refractivity contribution is 0.132. The molecule has 2 nitrogen and oxygen atoms in total. The summed E-state index contributed by atoms with van der Waals surface area (Å²) in [5.41, 5.74) is 1.07. The van der Waals surface area contributed by atoms with Crippen LogP contribution < -0.4 is 0 Å². The SMILES string of the molecule is CC1CCN(Cc2c(O)ccc3ccccc23)CC1C. The van der Waals surface area contributed by atoms with Crippen molar-refractivity contribution in [3.63, 3.8) is 0 Å². The van der Waals surface area contributed by atoms with Crippen LogP contribution >= 0.6 is 0 Å². The first kappa shape index (κ1) is 13.4. The number of phenols is 1. The Kier molecular flexibility index (Phi) is 3.66. The van der Waals surface area contributed by atoms with Gasteiger partial charge in [0, 0.05) is 18.7 Å². The minimum absolute atomic E-state index is 0.426. The van der Waals surface area contributed by atoms with Gasteiger partial charge in [0.05, 0.1) is 0 Å². The lowest BCUT2D eigenvalue weighted by atomic mass is 9.88. The maximum Gasteiger partial charge on any atom is 0.120 e. The number of phenolic OH excluding ortho intramolecular Hbond substituents is 1. The summed E-state index contributed by atoms with van der Waals surface area (Å²) < 4.78 is 0. The summed E-state index contributed by atoms with van der Waals surface area (Å²) in [7, 11) is 0. The van der Waals surface area contributed by atoms with Crippen molar-refractivity contribution in [1.82, 2.24) is 4.90 Å². The number of rotatable bonds is 2. The third kappa shape index (κ3) is 2.53. The summed E-state index contributed by atoms with van der Waals surface area (Å²) in [5.74, 6) is 1.98. The van der Waals surface area contributed by atoms with E-state index in [-0.39, 0.29) is 0 Å². The van der Waals surface area contributed by atoms with E-state index < -0.39 is 0 Å². The highest BCUT2D eigenvalue weighted by Crippen LogP contribution is 2.30. The lowest BCUT2D eigenvalue weighted by Crippen LogP contribution is -2.37. The normalized spacial score (nSPS) is 24.1. The largest absolute Gasteiger partial charge is 0.508 e. The summed E-state index contributed by atoms with van der Waals surface area (Å²) in [4.78, 5) is 2.48. The van der Waals surface area contributed by atoms with Crippen molar-refractivity contribution in [2.45, 2.75) is 26.8 Å². The summed E-state index contributed by atoms with van der Waals surface area (Å²) in [6.07, 6.45) is 1.26. The van der Waals surface area contributed by atoms with Crippen LogP contribution in [0.2, 0.25) is 0 Å². The fourth-order valence-electron chi connectivity index (χ4n) is 3.21. The molecule has 1 fully saturated rings. The minimum atomic E-state index is 0.426. The molecule has 0 aromatic heterocycles. The van der Waals surface area contributed by atoms with E-state index in [0.717, 1.165) is 37.0 Å². The molecule has 0 bridgehead atoms. The highest BCUT2D eigenvalue weighted by atomic mass is 16.3. The number of hydrogen-bond donors (Lipinski definition) is 1. The second kappa shape index (κ2) is 5.45. The number of likely N-dealkylation sites (tertiary alicyclic amines) is 1. The molecule has 1 saturated heterocycles. The molecule has 0 radical (unpaired) electrons. The summed E-state index contributed by atoms with van der Waals surface area (Å²) in [5, 5.41) is 12.6. The maximum absolute atomic E-state index is 10.2. The van der Waals surface area contributed by atoms with Crippen LogP contribution in [0, 0.1) is 11.8 Å². The van der Waals surface area contributed by atoms with E-state index in [4.69, 9.17) is 0 Å². The molecule has 1 heterocycles. The molecule has 2 aromatic rings. The Morgan fingerprint density at radius 2 is 1.90 bits per heavy atom. The Balaban J connectivity index is 1.89. The molecule has 1 N–H and O–H groups in total. The quantitative estimate of drug-likeness (QED) is 0.890. The molecule has 2 unspecified atom stereocenters. The zero-order valence-electron chi connectivity index (χ0n) is 12.3. The molecule has 3 rings (SSSR count). The van der Waals surface area contributed by atoms with Gasteiger partial charge in [-0.3, -0.25) is 4.90 Å². The monoisotopic (exact) mass is 269 g/mol. The molecule has 1 aliphatic rings. The van der Waals surface area contributed by atoms with Crippen LogP contribution in [0.4, 0.5) is 0 Å². The predicted molar refractivity (Wildman–Crippen MR) is 83.8 cm³/mol. The second-order valence-corrected chi connectivity index (χ2v) is 6.26. The molecule has 0 amide bonds. The van der Waals surface area contributed by atoms with Gasteiger partial charge in [-0.25, -0.2) is 0 Å². The molecule has 0 spiro atoms. The fourth-order valence-corrected chi connectivity index (χ4v) is 3.21. The predicted octanol–water partition coefficient (Wildman–Crippen LogP) is 4.02. The van der Waals surface area contributed by atoms with Crippen molar-refractivity contribution in [3.05, 3.63) is 42.0 Å². The average Bonchev–Trinajstić information content (AvgIpc) is 2.46. The first-order chi connectivity index (χ1) is 9.65. The average molecular weight is 269 g/mol. The second-order valence-electron chi connectivity index (χ2n) is 6.26. The van der Waals surface area contributed by atoms with Gasteiger partial charge < -0.3 is 5.11 Å². The van der Waals surface area contributed by atoms with Gasteiger partial charge in [-0.05, 0) is 41.6 Å². The van der Waals surface area contributed by atoms with Gasteiger partial charge in [0.1, 0.15) is 5.75 Å².